The van der Waals surface area contributed by atoms with E-state index in [0.717, 1.165) is 5.56 Å². The second kappa shape index (κ2) is 7.23. The molecule has 7 heteroatoms. The van der Waals surface area contributed by atoms with E-state index in [1.54, 1.807) is 6.92 Å². The molecular weight excluding hydrogens is 366 g/mol. The van der Waals surface area contributed by atoms with Gasteiger partial charge >= 0.3 is 14.2 Å². The van der Waals surface area contributed by atoms with Crippen LogP contribution in [0.1, 0.15) is 73.7 Å². The Labute approximate surface area is 176 Å². The van der Waals surface area contributed by atoms with Crippen LogP contribution in [0.3, 0.4) is 0 Å². The first-order valence-corrected chi connectivity index (χ1v) is 10.5. The first-order valence-electron chi connectivity index (χ1n) is 10.5. The van der Waals surface area contributed by atoms with E-state index < -0.39 is 42.5 Å². The SMILES string of the molecule is CC(=O)C(B1OC(C)(C)C(C)(C)O1)C(B1OC(C)(C)C(C)(C)O1)c1ccccc1. The third-order valence-corrected chi connectivity index (χ3v) is 7.17. The van der Waals surface area contributed by atoms with Gasteiger partial charge in [0.2, 0.25) is 0 Å². The Bertz CT molecular complexity index is 728. The molecule has 1 aromatic carbocycles. The van der Waals surface area contributed by atoms with E-state index in [9.17, 15) is 4.79 Å². The zero-order valence-electron chi connectivity index (χ0n) is 19.2. The maximum Gasteiger partial charge on any atom is 0.469 e. The van der Waals surface area contributed by atoms with Crippen LogP contribution >= 0.6 is 0 Å². The monoisotopic (exact) mass is 400 g/mol. The van der Waals surface area contributed by atoms with Gasteiger partial charge in [-0.25, -0.2) is 0 Å². The number of carbonyl (C=O) groups excluding carboxylic acids is 1. The lowest BCUT2D eigenvalue weighted by Gasteiger charge is -2.32. The summed E-state index contributed by atoms with van der Waals surface area (Å²) in [5, 5.41) is 0. The summed E-state index contributed by atoms with van der Waals surface area (Å²) in [5.41, 5.74) is -1.07. The van der Waals surface area contributed by atoms with Gasteiger partial charge in [-0.3, -0.25) is 0 Å². The van der Waals surface area contributed by atoms with Crippen molar-refractivity contribution in [3.63, 3.8) is 0 Å². The largest absolute Gasteiger partial charge is 0.469 e. The molecule has 0 spiro atoms. The van der Waals surface area contributed by atoms with Crippen LogP contribution in [0.25, 0.3) is 0 Å². The Morgan fingerprint density at radius 1 is 0.724 bits per heavy atom. The van der Waals surface area contributed by atoms with Gasteiger partial charge in [-0.2, -0.15) is 0 Å². The molecule has 0 N–H and O–H groups in total. The van der Waals surface area contributed by atoms with Gasteiger partial charge in [0, 0.05) is 5.82 Å². The molecule has 0 saturated carbocycles. The summed E-state index contributed by atoms with van der Waals surface area (Å²) >= 11 is 0. The predicted octanol–water partition coefficient (Wildman–Crippen LogP) is 4.45. The van der Waals surface area contributed by atoms with E-state index in [4.69, 9.17) is 18.6 Å². The summed E-state index contributed by atoms with van der Waals surface area (Å²) < 4.78 is 25.4. The van der Waals surface area contributed by atoms with Gasteiger partial charge in [-0.15, -0.1) is 0 Å². The van der Waals surface area contributed by atoms with Crippen molar-refractivity contribution in [2.75, 3.05) is 0 Å². The highest BCUT2D eigenvalue weighted by molar-refractivity contribution is 6.59. The molecule has 2 atom stereocenters. The van der Waals surface area contributed by atoms with Gasteiger partial charge in [0.15, 0.2) is 0 Å². The van der Waals surface area contributed by atoms with Crippen molar-refractivity contribution >= 4 is 20.0 Å². The van der Waals surface area contributed by atoms with Crippen LogP contribution in [-0.4, -0.2) is 42.4 Å². The lowest BCUT2D eigenvalue weighted by atomic mass is 9.50. The van der Waals surface area contributed by atoms with Crippen LogP contribution in [0.5, 0.6) is 0 Å². The van der Waals surface area contributed by atoms with Crippen molar-refractivity contribution in [1.82, 2.24) is 0 Å². The van der Waals surface area contributed by atoms with Crippen LogP contribution in [0, 0.1) is 0 Å². The topological polar surface area (TPSA) is 54.0 Å². The van der Waals surface area contributed by atoms with Gasteiger partial charge in [0.1, 0.15) is 5.78 Å². The van der Waals surface area contributed by atoms with Crippen molar-refractivity contribution in [3.8, 4) is 0 Å². The molecule has 1 aromatic rings. The van der Waals surface area contributed by atoms with Crippen LogP contribution in [-0.2, 0) is 23.4 Å². The van der Waals surface area contributed by atoms with Crippen molar-refractivity contribution in [3.05, 3.63) is 35.9 Å². The molecule has 3 rings (SSSR count). The number of hydrogen-bond acceptors (Lipinski definition) is 5. The first kappa shape index (κ1) is 22.5. The third-order valence-electron chi connectivity index (χ3n) is 7.17. The molecule has 0 aliphatic carbocycles. The zero-order valence-corrected chi connectivity index (χ0v) is 19.2. The van der Waals surface area contributed by atoms with Crippen LogP contribution in [0.2, 0.25) is 5.82 Å². The van der Waals surface area contributed by atoms with Crippen molar-refractivity contribution in [2.24, 2.45) is 0 Å². The predicted molar refractivity (Wildman–Crippen MR) is 116 cm³/mol. The molecule has 2 heterocycles. The molecule has 2 saturated heterocycles. The summed E-state index contributed by atoms with van der Waals surface area (Å²) in [5.74, 6) is -0.926. The fourth-order valence-electron chi connectivity index (χ4n) is 3.89. The highest BCUT2D eigenvalue weighted by atomic mass is 16.7. The molecule has 5 nitrogen and oxygen atoms in total. The van der Waals surface area contributed by atoms with E-state index in [2.05, 4.69) is 0 Å². The van der Waals surface area contributed by atoms with Gasteiger partial charge < -0.3 is 23.4 Å². The molecule has 29 heavy (non-hydrogen) atoms. The Morgan fingerprint density at radius 2 is 1.10 bits per heavy atom. The maximum absolute atomic E-state index is 13.0. The van der Waals surface area contributed by atoms with Crippen LogP contribution < -0.4 is 0 Å². The minimum absolute atomic E-state index is 0.00735. The maximum atomic E-state index is 13.0. The molecule has 0 aromatic heterocycles. The van der Waals surface area contributed by atoms with Gasteiger partial charge in [0.25, 0.3) is 0 Å². The highest BCUT2D eigenvalue weighted by Gasteiger charge is 2.62. The summed E-state index contributed by atoms with van der Waals surface area (Å²) in [6.07, 6.45) is 0. The summed E-state index contributed by atoms with van der Waals surface area (Å²) in [7, 11) is -1.27. The van der Waals surface area contributed by atoms with Crippen LogP contribution in [0.15, 0.2) is 30.3 Å². The second-order valence-corrected chi connectivity index (χ2v) is 10.3. The Morgan fingerprint density at radius 3 is 1.48 bits per heavy atom. The standard InChI is InChI=1S/C22H34B2O5/c1-15(25)17(23-26-19(2,3)20(4,5)27-23)18(16-13-11-10-12-14-16)24-28-21(6,7)22(8,9)29-24/h10-14,17-18H,1-9H3. The third kappa shape index (κ3) is 3.95. The lowest BCUT2D eigenvalue weighted by molar-refractivity contribution is -0.117. The molecule has 2 aliphatic rings. The normalized spacial score (nSPS) is 26.4. The molecule has 2 aliphatic heterocycles. The second-order valence-electron chi connectivity index (χ2n) is 10.3. The molecule has 0 radical (unpaired) electrons. The smallest absolute Gasteiger partial charge is 0.403 e. The molecular formula is C22H34B2O5. The van der Waals surface area contributed by atoms with Gasteiger partial charge in [0.05, 0.1) is 28.2 Å². The minimum atomic E-state index is -0.679. The van der Waals surface area contributed by atoms with Gasteiger partial charge in [-0.05, 0) is 67.9 Å². The van der Waals surface area contributed by atoms with E-state index in [0.29, 0.717) is 0 Å². The Kier molecular flexibility index (Phi) is 5.62. The highest BCUT2D eigenvalue weighted by Crippen LogP contribution is 2.49. The fraction of sp³-hybridized carbons (Fsp3) is 0.682. The fourth-order valence-corrected chi connectivity index (χ4v) is 3.89. The molecule has 158 valence electrons. The molecule has 2 fully saturated rings. The molecule has 0 bridgehead atoms. The zero-order chi connectivity index (χ0) is 21.8. The number of hydrogen-bond donors (Lipinski definition) is 0. The minimum Gasteiger partial charge on any atom is -0.403 e. The van der Waals surface area contributed by atoms with Crippen molar-refractivity contribution < 1.29 is 23.4 Å². The quantitative estimate of drug-likeness (QED) is 0.684. The van der Waals surface area contributed by atoms with E-state index in [-0.39, 0.29) is 11.6 Å². The number of Topliss-reactive ketones (excluding diaryl/α,β-unsaturated/α-hetero) is 1. The van der Waals surface area contributed by atoms with E-state index in [1.165, 1.54) is 0 Å². The first-order chi connectivity index (χ1) is 13.2. The van der Waals surface area contributed by atoms with Crippen molar-refractivity contribution in [2.45, 2.75) is 96.4 Å². The average molecular weight is 400 g/mol. The van der Waals surface area contributed by atoms with E-state index >= 15 is 0 Å². The summed E-state index contributed by atoms with van der Waals surface area (Å²) in [6, 6.07) is 9.92. The van der Waals surface area contributed by atoms with E-state index in [1.807, 2.05) is 85.7 Å². The lowest BCUT2D eigenvalue weighted by Crippen LogP contribution is -2.41. The number of carbonyl (C=O) groups is 1. The Hall–Kier alpha value is -1.14. The van der Waals surface area contributed by atoms with Crippen LogP contribution in [0.4, 0.5) is 0 Å². The number of ketones is 1. The summed E-state index contributed by atoms with van der Waals surface area (Å²) in [4.78, 5) is 13.0. The molecule has 0 amide bonds. The molecule has 2 unspecified atom stereocenters. The number of benzene rings is 1. The van der Waals surface area contributed by atoms with Gasteiger partial charge in [-0.1, -0.05) is 30.3 Å². The number of rotatable bonds is 5. The summed E-state index contributed by atoms with van der Waals surface area (Å²) in [6.45, 7) is 17.7. The average Bonchev–Trinajstić information content (AvgIpc) is 2.91. The Balaban J connectivity index is 2.04. The van der Waals surface area contributed by atoms with Crippen molar-refractivity contribution in [1.29, 1.82) is 0 Å².